The summed E-state index contributed by atoms with van der Waals surface area (Å²) < 4.78 is 19.9. The number of hydrogen-bond donors (Lipinski definition) is 2. The summed E-state index contributed by atoms with van der Waals surface area (Å²) in [4.78, 5) is 39.1. The van der Waals surface area contributed by atoms with Crippen molar-refractivity contribution >= 4 is 11.8 Å². The lowest BCUT2D eigenvalue weighted by Crippen LogP contribution is -2.49. The molecule has 9 heteroatoms. The molecule has 2 unspecified atom stereocenters. The summed E-state index contributed by atoms with van der Waals surface area (Å²) in [7, 11) is 0. The molecule has 8 nitrogen and oxygen atoms in total. The van der Waals surface area contributed by atoms with Gasteiger partial charge in [-0.1, -0.05) is 12.1 Å². The number of nitrogens with one attached hydrogen (secondary N) is 1. The van der Waals surface area contributed by atoms with Gasteiger partial charge in [0.15, 0.2) is 17.7 Å². The Balaban J connectivity index is 1.62. The second kappa shape index (κ2) is 6.75. The number of benzene rings is 1. The van der Waals surface area contributed by atoms with E-state index >= 15 is 0 Å². The van der Waals surface area contributed by atoms with E-state index in [0.717, 1.165) is 0 Å². The van der Waals surface area contributed by atoms with Gasteiger partial charge in [0.05, 0.1) is 19.2 Å². The van der Waals surface area contributed by atoms with Gasteiger partial charge in [-0.05, 0) is 24.6 Å². The van der Waals surface area contributed by atoms with Crippen LogP contribution in [0.5, 0.6) is 5.75 Å². The Morgan fingerprint density at radius 1 is 1.32 bits per heavy atom. The first-order chi connectivity index (χ1) is 13.4. The van der Waals surface area contributed by atoms with E-state index in [0.29, 0.717) is 12.2 Å². The van der Waals surface area contributed by atoms with Gasteiger partial charge in [0.25, 0.3) is 11.8 Å². The van der Waals surface area contributed by atoms with E-state index < -0.39 is 35.0 Å². The summed E-state index contributed by atoms with van der Waals surface area (Å²) in [6, 6.07) is 5.39. The third-order valence-electron chi connectivity index (χ3n) is 4.97. The van der Waals surface area contributed by atoms with Crippen molar-refractivity contribution in [2.45, 2.75) is 32.3 Å². The van der Waals surface area contributed by atoms with Crippen molar-refractivity contribution in [2.24, 2.45) is 0 Å². The van der Waals surface area contributed by atoms with Crippen molar-refractivity contribution in [3.63, 3.8) is 0 Å². The summed E-state index contributed by atoms with van der Waals surface area (Å²) in [5.74, 6) is -2.35. The first-order valence-electron chi connectivity index (χ1n) is 8.80. The Kier molecular flexibility index (Phi) is 4.38. The first-order valence-corrected chi connectivity index (χ1v) is 8.80. The second-order valence-corrected chi connectivity index (χ2v) is 6.88. The maximum absolute atomic E-state index is 13.0. The smallest absolute Gasteiger partial charge is 0.276 e. The molecule has 28 heavy (non-hydrogen) atoms. The van der Waals surface area contributed by atoms with E-state index in [-0.39, 0.29) is 30.4 Å². The minimum absolute atomic E-state index is 0.0804. The van der Waals surface area contributed by atoms with Gasteiger partial charge in [-0.2, -0.15) is 0 Å². The van der Waals surface area contributed by atoms with Crippen LogP contribution in [0.3, 0.4) is 0 Å². The molecule has 2 aliphatic rings. The van der Waals surface area contributed by atoms with Crippen molar-refractivity contribution in [1.29, 1.82) is 0 Å². The number of carbonyl (C=O) groups excluding carboxylic acids is 2. The summed E-state index contributed by atoms with van der Waals surface area (Å²) in [6.45, 7) is 2.47. The Hall–Kier alpha value is -3.20. The van der Waals surface area contributed by atoms with Crippen molar-refractivity contribution in [2.75, 3.05) is 6.61 Å². The van der Waals surface area contributed by atoms with Gasteiger partial charge >= 0.3 is 0 Å². The molecule has 1 saturated heterocycles. The predicted octanol–water partition coefficient (Wildman–Crippen LogP) is 0.824. The van der Waals surface area contributed by atoms with Crippen LogP contribution in [0.25, 0.3) is 0 Å². The molecule has 3 heterocycles. The normalized spacial score (nSPS) is 20.6. The largest absolute Gasteiger partial charge is 0.503 e. The van der Waals surface area contributed by atoms with E-state index in [2.05, 4.69) is 5.32 Å². The van der Waals surface area contributed by atoms with Crippen LogP contribution < -0.4 is 10.7 Å². The lowest BCUT2D eigenvalue weighted by Gasteiger charge is -2.33. The van der Waals surface area contributed by atoms with Crippen LogP contribution >= 0.6 is 0 Å². The number of ether oxygens (including phenoxy) is 1. The minimum Gasteiger partial charge on any atom is -0.503 e. The standard InChI is InChI=1S/C19H18FN3O5/c1-10-9-28-14-8-22-7-13(16(24)17(25)15(22)19(27)23(10)14)18(26)21-6-11-2-4-12(20)5-3-11/h2-5,7,10,14,25H,6,8-9H2,1H3,(H,21,26). The van der Waals surface area contributed by atoms with Crippen LogP contribution in [-0.4, -0.2) is 45.3 Å². The van der Waals surface area contributed by atoms with Crippen molar-refractivity contribution < 1.29 is 23.8 Å². The van der Waals surface area contributed by atoms with Gasteiger partial charge in [0.2, 0.25) is 5.43 Å². The number of fused-ring (bicyclic) bond motifs is 2. The van der Waals surface area contributed by atoms with Crippen LogP contribution in [0.15, 0.2) is 35.3 Å². The molecular weight excluding hydrogens is 369 g/mol. The quantitative estimate of drug-likeness (QED) is 0.812. The molecule has 146 valence electrons. The minimum atomic E-state index is -0.914. The first kappa shape index (κ1) is 18.2. The van der Waals surface area contributed by atoms with Crippen LogP contribution in [0.1, 0.15) is 33.3 Å². The van der Waals surface area contributed by atoms with Crippen molar-refractivity contribution in [3.8, 4) is 5.75 Å². The molecule has 0 aliphatic carbocycles. The number of nitrogens with zero attached hydrogens (tertiary/aromatic N) is 2. The fourth-order valence-electron chi connectivity index (χ4n) is 3.52. The molecule has 0 radical (unpaired) electrons. The molecule has 0 saturated carbocycles. The van der Waals surface area contributed by atoms with E-state index in [4.69, 9.17) is 4.74 Å². The highest BCUT2D eigenvalue weighted by molar-refractivity contribution is 5.99. The number of rotatable bonds is 3. The van der Waals surface area contributed by atoms with Gasteiger partial charge < -0.3 is 24.6 Å². The molecule has 2 amide bonds. The van der Waals surface area contributed by atoms with Gasteiger partial charge in [0.1, 0.15) is 11.4 Å². The summed E-state index contributed by atoms with van der Waals surface area (Å²) >= 11 is 0. The molecular formula is C19H18FN3O5. The van der Waals surface area contributed by atoms with Crippen LogP contribution in [0.2, 0.25) is 0 Å². The van der Waals surface area contributed by atoms with Crippen LogP contribution in [0, 0.1) is 5.82 Å². The van der Waals surface area contributed by atoms with E-state index in [1.165, 1.54) is 39.9 Å². The number of aromatic hydroxyl groups is 1. The molecule has 1 fully saturated rings. The fourth-order valence-corrected chi connectivity index (χ4v) is 3.52. The zero-order valence-electron chi connectivity index (χ0n) is 15.0. The van der Waals surface area contributed by atoms with Crippen LogP contribution in [0.4, 0.5) is 4.39 Å². The SMILES string of the molecule is CC1COC2Cn3cc(C(=O)NCc4ccc(F)cc4)c(=O)c(O)c3C(=O)N12. The monoisotopic (exact) mass is 387 g/mol. The molecule has 1 aromatic heterocycles. The molecule has 2 aliphatic heterocycles. The van der Waals surface area contributed by atoms with Gasteiger partial charge in [-0.15, -0.1) is 0 Å². The predicted molar refractivity (Wildman–Crippen MR) is 95.3 cm³/mol. The Morgan fingerprint density at radius 3 is 2.75 bits per heavy atom. The highest BCUT2D eigenvalue weighted by Crippen LogP contribution is 2.29. The van der Waals surface area contributed by atoms with E-state index in [1.54, 1.807) is 0 Å². The topological polar surface area (TPSA) is 101 Å². The molecule has 2 N–H and O–H groups in total. The Bertz CT molecular complexity index is 1020. The number of halogens is 1. The highest BCUT2D eigenvalue weighted by Gasteiger charge is 2.42. The van der Waals surface area contributed by atoms with Crippen LogP contribution in [-0.2, 0) is 17.8 Å². The zero-order valence-corrected chi connectivity index (χ0v) is 15.0. The Labute approximate surface area is 159 Å². The number of carbonyl (C=O) groups is 2. The molecule has 1 aromatic carbocycles. The van der Waals surface area contributed by atoms with E-state index in [1.807, 2.05) is 6.92 Å². The lowest BCUT2D eigenvalue weighted by molar-refractivity contribution is 0.00624. The van der Waals surface area contributed by atoms with Gasteiger partial charge in [-0.3, -0.25) is 14.4 Å². The molecule has 0 spiro atoms. The maximum Gasteiger partial charge on any atom is 0.276 e. The average Bonchev–Trinajstić information content (AvgIpc) is 3.04. The third-order valence-corrected chi connectivity index (χ3v) is 4.97. The fraction of sp³-hybridized carbons (Fsp3) is 0.316. The van der Waals surface area contributed by atoms with Gasteiger partial charge in [0, 0.05) is 12.7 Å². The highest BCUT2D eigenvalue weighted by atomic mass is 19.1. The summed E-state index contributed by atoms with van der Waals surface area (Å²) in [6.07, 6.45) is 0.755. The lowest BCUT2D eigenvalue weighted by atomic mass is 10.1. The average molecular weight is 387 g/mol. The second-order valence-electron chi connectivity index (χ2n) is 6.88. The van der Waals surface area contributed by atoms with Crippen molar-refractivity contribution in [1.82, 2.24) is 14.8 Å². The Morgan fingerprint density at radius 2 is 2.04 bits per heavy atom. The summed E-state index contributed by atoms with van der Waals surface area (Å²) in [5.41, 5.74) is -0.692. The zero-order chi connectivity index (χ0) is 20.0. The van der Waals surface area contributed by atoms with Crippen molar-refractivity contribution in [3.05, 3.63) is 63.3 Å². The summed E-state index contributed by atoms with van der Waals surface area (Å²) in [5, 5.41) is 12.9. The van der Waals surface area contributed by atoms with E-state index in [9.17, 15) is 23.9 Å². The number of amides is 2. The molecule has 2 aromatic rings. The number of aromatic nitrogens is 1. The molecule has 2 atom stereocenters. The molecule has 0 bridgehead atoms. The number of hydrogen-bond acceptors (Lipinski definition) is 5. The number of pyridine rings is 1. The van der Waals surface area contributed by atoms with Gasteiger partial charge in [-0.25, -0.2) is 4.39 Å². The third kappa shape index (κ3) is 2.93. The molecule has 4 rings (SSSR count). The maximum atomic E-state index is 13.0.